The highest BCUT2D eigenvalue weighted by molar-refractivity contribution is 7.71. The van der Waals surface area contributed by atoms with Gasteiger partial charge in [0.2, 0.25) is 0 Å². The minimum Gasteiger partial charge on any atom is -0.296 e. The molecule has 0 fully saturated rings. The van der Waals surface area contributed by atoms with E-state index in [2.05, 4.69) is 10.2 Å². The van der Waals surface area contributed by atoms with E-state index in [1.807, 2.05) is 34.9 Å². The molecule has 0 atom stereocenters. The number of nitrogens with one attached hydrogen (secondary N) is 1. The van der Waals surface area contributed by atoms with Gasteiger partial charge >= 0.3 is 0 Å². The average Bonchev–Trinajstić information content (AvgIpc) is 2.90. The van der Waals surface area contributed by atoms with E-state index in [-0.39, 0.29) is 5.69 Å². The van der Waals surface area contributed by atoms with Gasteiger partial charge in [-0.1, -0.05) is 42.5 Å². The first-order valence-corrected chi connectivity index (χ1v) is 7.00. The second-order valence-corrected chi connectivity index (χ2v) is 5.11. The Bertz CT molecular complexity index is 853. The summed E-state index contributed by atoms with van der Waals surface area (Å²) in [6, 6.07) is 16.1. The van der Waals surface area contributed by atoms with Crippen molar-refractivity contribution in [2.75, 3.05) is 0 Å². The Morgan fingerprint density at radius 1 is 1.14 bits per heavy atom. The van der Waals surface area contributed by atoms with Crippen LogP contribution in [0.4, 0.5) is 5.69 Å². The SMILES string of the molecule is O=[N+]([O-])c1ccc(Cn2c(-c3ccccc3)n[nH]c2=S)cc1. The van der Waals surface area contributed by atoms with Crippen molar-refractivity contribution in [2.45, 2.75) is 6.54 Å². The van der Waals surface area contributed by atoms with Crippen LogP contribution in [0.3, 0.4) is 0 Å². The van der Waals surface area contributed by atoms with Gasteiger partial charge in [-0.15, -0.1) is 0 Å². The van der Waals surface area contributed by atoms with Gasteiger partial charge in [-0.2, -0.15) is 5.10 Å². The third-order valence-electron chi connectivity index (χ3n) is 3.28. The summed E-state index contributed by atoms with van der Waals surface area (Å²) < 4.78 is 2.38. The zero-order valence-corrected chi connectivity index (χ0v) is 12.3. The van der Waals surface area contributed by atoms with Crippen LogP contribution in [-0.2, 0) is 6.54 Å². The third kappa shape index (κ3) is 2.79. The molecule has 0 saturated heterocycles. The molecule has 1 N–H and O–H groups in total. The lowest BCUT2D eigenvalue weighted by molar-refractivity contribution is -0.384. The number of rotatable bonds is 4. The third-order valence-corrected chi connectivity index (χ3v) is 3.59. The number of nitro benzene ring substituents is 1. The number of nitro groups is 1. The lowest BCUT2D eigenvalue weighted by atomic mass is 10.2. The average molecular weight is 312 g/mol. The largest absolute Gasteiger partial charge is 0.296 e. The van der Waals surface area contributed by atoms with Crippen LogP contribution in [0, 0.1) is 14.9 Å². The Morgan fingerprint density at radius 2 is 1.82 bits per heavy atom. The van der Waals surface area contributed by atoms with E-state index in [9.17, 15) is 10.1 Å². The Morgan fingerprint density at radius 3 is 2.45 bits per heavy atom. The number of non-ortho nitro benzene ring substituents is 1. The molecule has 6 nitrogen and oxygen atoms in total. The number of benzene rings is 2. The number of hydrogen-bond donors (Lipinski definition) is 1. The molecule has 0 aliphatic rings. The normalized spacial score (nSPS) is 10.5. The van der Waals surface area contributed by atoms with Crippen molar-refractivity contribution < 1.29 is 4.92 Å². The molecule has 3 aromatic rings. The van der Waals surface area contributed by atoms with Crippen molar-refractivity contribution in [1.29, 1.82) is 0 Å². The zero-order valence-electron chi connectivity index (χ0n) is 11.5. The number of aromatic nitrogens is 3. The summed E-state index contributed by atoms with van der Waals surface area (Å²) in [7, 11) is 0. The summed E-state index contributed by atoms with van der Waals surface area (Å²) in [5, 5.41) is 17.7. The van der Waals surface area contributed by atoms with Crippen molar-refractivity contribution >= 4 is 17.9 Å². The summed E-state index contributed by atoms with van der Waals surface area (Å²) in [6.07, 6.45) is 0. The summed E-state index contributed by atoms with van der Waals surface area (Å²) in [4.78, 5) is 10.3. The molecule has 0 spiro atoms. The monoisotopic (exact) mass is 312 g/mol. The van der Waals surface area contributed by atoms with Gasteiger partial charge in [0.1, 0.15) is 0 Å². The Hall–Kier alpha value is -2.80. The molecule has 0 radical (unpaired) electrons. The molecule has 3 rings (SSSR count). The second-order valence-electron chi connectivity index (χ2n) is 4.73. The minimum atomic E-state index is -0.414. The predicted molar refractivity (Wildman–Crippen MR) is 85.0 cm³/mol. The van der Waals surface area contributed by atoms with Gasteiger partial charge in [0.05, 0.1) is 11.5 Å². The molecule has 0 bridgehead atoms. The van der Waals surface area contributed by atoms with Gasteiger partial charge in [-0.3, -0.25) is 19.8 Å². The molecular weight excluding hydrogens is 300 g/mol. The van der Waals surface area contributed by atoms with Gasteiger partial charge in [-0.25, -0.2) is 0 Å². The summed E-state index contributed by atoms with van der Waals surface area (Å²) in [5.41, 5.74) is 1.94. The number of hydrogen-bond acceptors (Lipinski definition) is 4. The fourth-order valence-corrected chi connectivity index (χ4v) is 2.37. The summed E-state index contributed by atoms with van der Waals surface area (Å²) >= 11 is 5.28. The van der Waals surface area contributed by atoms with E-state index in [0.717, 1.165) is 17.0 Å². The van der Waals surface area contributed by atoms with Crippen LogP contribution in [0.1, 0.15) is 5.56 Å². The lowest BCUT2D eigenvalue weighted by Crippen LogP contribution is -2.02. The molecule has 7 heteroatoms. The minimum absolute atomic E-state index is 0.0721. The van der Waals surface area contributed by atoms with Gasteiger partial charge in [-0.05, 0) is 17.8 Å². The number of H-pyrrole nitrogens is 1. The summed E-state index contributed by atoms with van der Waals surface area (Å²) in [5.74, 6) is 0.740. The Labute approximate surface area is 131 Å². The van der Waals surface area contributed by atoms with Crippen LogP contribution in [0.15, 0.2) is 54.6 Å². The molecule has 22 heavy (non-hydrogen) atoms. The zero-order chi connectivity index (χ0) is 15.5. The molecule has 1 aromatic heterocycles. The number of aromatic amines is 1. The van der Waals surface area contributed by atoms with Crippen molar-refractivity contribution in [1.82, 2.24) is 14.8 Å². The van der Waals surface area contributed by atoms with E-state index < -0.39 is 4.92 Å². The maximum absolute atomic E-state index is 10.7. The molecule has 0 aliphatic heterocycles. The summed E-state index contributed by atoms with van der Waals surface area (Å²) in [6.45, 7) is 0.498. The quantitative estimate of drug-likeness (QED) is 0.454. The standard InChI is InChI=1S/C15H12N4O2S/c20-19(21)13-8-6-11(7-9-13)10-18-14(16-17-15(18)22)12-4-2-1-3-5-12/h1-9H,10H2,(H,17,22). The van der Waals surface area contributed by atoms with Crippen LogP contribution in [-0.4, -0.2) is 19.7 Å². The first-order chi connectivity index (χ1) is 10.6. The van der Waals surface area contributed by atoms with E-state index in [1.165, 1.54) is 12.1 Å². The topological polar surface area (TPSA) is 76.8 Å². The molecule has 2 aromatic carbocycles. The second kappa shape index (κ2) is 5.90. The van der Waals surface area contributed by atoms with Crippen LogP contribution in [0.25, 0.3) is 11.4 Å². The van der Waals surface area contributed by atoms with E-state index >= 15 is 0 Å². The maximum Gasteiger partial charge on any atom is 0.269 e. The van der Waals surface area contributed by atoms with Crippen LogP contribution >= 0.6 is 12.2 Å². The highest BCUT2D eigenvalue weighted by Gasteiger charge is 2.10. The van der Waals surface area contributed by atoms with Crippen molar-refractivity contribution in [2.24, 2.45) is 0 Å². The molecule has 0 saturated carbocycles. The van der Waals surface area contributed by atoms with Crippen molar-refractivity contribution in [3.05, 3.63) is 75.0 Å². The highest BCUT2D eigenvalue weighted by atomic mass is 32.1. The smallest absolute Gasteiger partial charge is 0.269 e. The molecular formula is C15H12N4O2S. The van der Waals surface area contributed by atoms with Crippen molar-refractivity contribution in [3.8, 4) is 11.4 Å². The number of nitrogens with zero attached hydrogens (tertiary/aromatic N) is 3. The fraction of sp³-hybridized carbons (Fsp3) is 0.0667. The van der Waals surface area contributed by atoms with E-state index in [0.29, 0.717) is 11.3 Å². The fourth-order valence-electron chi connectivity index (χ4n) is 2.18. The van der Waals surface area contributed by atoms with Crippen molar-refractivity contribution in [3.63, 3.8) is 0 Å². The molecule has 110 valence electrons. The Balaban J connectivity index is 1.94. The highest BCUT2D eigenvalue weighted by Crippen LogP contribution is 2.19. The van der Waals surface area contributed by atoms with Crippen LogP contribution in [0.5, 0.6) is 0 Å². The molecule has 0 aliphatic carbocycles. The van der Waals surface area contributed by atoms with Gasteiger partial charge in [0.25, 0.3) is 5.69 Å². The van der Waals surface area contributed by atoms with Gasteiger partial charge in [0.15, 0.2) is 10.6 Å². The van der Waals surface area contributed by atoms with E-state index in [1.54, 1.807) is 12.1 Å². The van der Waals surface area contributed by atoms with Crippen LogP contribution < -0.4 is 0 Å². The van der Waals surface area contributed by atoms with Crippen LogP contribution in [0.2, 0.25) is 0 Å². The first kappa shape index (κ1) is 14.2. The molecule has 0 unspecified atom stereocenters. The van der Waals surface area contributed by atoms with Gasteiger partial charge in [0, 0.05) is 17.7 Å². The molecule has 1 heterocycles. The Kier molecular flexibility index (Phi) is 3.80. The molecule has 0 amide bonds. The van der Waals surface area contributed by atoms with Gasteiger partial charge < -0.3 is 0 Å². The first-order valence-electron chi connectivity index (χ1n) is 6.59. The lowest BCUT2D eigenvalue weighted by Gasteiger charge is -2.07. The maximum atomic E-state index is 10.7. The predicted octanol–water partition coefficient (Wildman–Crippen LogP) is 3.56. The van der Waals surface area contributed by atoms with E-state index in [4.69, 9.17) is 12.2 Å².